The summed E-state index contributed by atoms with van der Waals surface area (Å²) in [4.78, 5) is 0. The van der Waals surface area contributed by atoms with Gasteiger partial charge in [0.05, 0.1) is 0 Å². The Labute approximate surface area is 85.6 Å². The second kappa shape index (κ2) is 3.43. The largest absolute Gasteiger partial charge is 0.429 e. The Balaban J connectivity index is 3.40. The molecule has 1 rings (SSSR count). The van der Waals surface area contributed by atoms with Crippen LogP contribution >= 0.6 is 0 Å². The highest BCUT2D eigenvalue weighted by Gasteiger charge is 2.62. The van der Waals surface area contributed by atoms with Crippen LogP contribution in [0.5, 0.6) is 0 Å². The van der Waals surface area contributed by atoms with Crippen molar-refractivity contribution in [2.45, 2.75) is 18.3 Å². The third-order valence-corrected chi connectivity index (χ3v) is 2.08. The van der Waals surface area contributed by atoms with Gasteiger partial charge < -0.3 is 5.73 Å². The summed E-state index contributed by atoms with van der Waals surface area (Å²) >= 11 is 0. The van der Waals surface area contributed by atoms with Crippen molar-refractivity contribution in [3.05, 3.63) is 22.9 Å². The zero-order valence-electron chi connectivity index (χ0n) is 7.50. The summed E-state index contributed by atoms with van der Waals surface area (Å²) in [6.07, 6.45) is -7.27. The maximum atomic E-state index is 13.3. The Hall–Kier alpha value is -1.65. The van der Waals surface area contributed by atoms with E-state index >= 15 is 0 Å². The number of allylic oxidation sites excluding steroid dienone is 4. The van der Waals surface area contributed by atoms with Crippen LogP contribution in [0.4, 0.5) is 26.3 Å². The number of nitrogens with zero attached hydrogens (tertiary/aromatic N) is 1. The fourth-order valence-electron chi connectivity index (χ4n) is 1.20. The van der Waals surface area contributed by atoms with Gasteiger partial charge in [-0.15, -0.1) is 0 Å². The summed E-state index contributed by atoms with van der Waals surface area (Å²) in [7, 11) is 0. The van der Waals surface area contributed by atoms with E-state index in [1.807, 2.05) is 0 Å². The van der Waals surface area contributed by atoms with Gasteiger partial charge >= 0.3 is 6.18 Å². The first kappa shape index (κ1) is 12.4. The summed E-state index contributed by atoms with van der Waals surface area (Å²) in [6, 6.07) is 1.07. The van der Waals surface area contributed by atoms with Crippen molar-refractivity contribution >= 4 is 0 Å². The van der Waals surface area contributed by atoms with Crippen LogP contribution in [0.3, 0.4) is 0 Å². The first-order chi connectivity index (χ1) is 7.15. The molecule has 0 bridgehead atoms. The minimum absolute atomic E-state index is 0.971. The quantitative estimate of drug-likeness (QED) is 0.663. The summed E-state index contributed by atoms with van der Waals surface area (Å²) in [5.74, 6) is -4.86. The van der Waals surface area contributed by atoms with Gasteiger partial charge in [-0.2, -0.15) is 18.4 Å². The number of nitrogens with two attached hydrogens (primary N) is 1. The van der Waals surface area contributed by atoms with Crippen LogP contribution < -0.4 is 5.73 Å². The lowest BCUT2D eigenvalue weighted by Gasteiger charge is -2.29. The Morgan fingerprint density at radius 3 is 2.19 bits per heavy atom. The van der Waals surface area contributed by atoms with Gasteiger partial charge in [0, 0.05) is 12.1 Å². The third-order valence-electron chi connectivity index (χ3n) is 2.08. The van der Waals surface area contributed by atoms with E-state index in [-0.39, 0.29) is 0 Å². The molecule has 16 heavy (non-hydrogen) atoms. The van der Waals surface area contributed by atoms with Crippen LogP contribution in [0.2, 0.25) is 0 Å². The molecule has 88 valence electrons. The van der Waals surface area contributed by atoms with Crippen LogP contribution in [0.25, 0.3) is 0 Å². The minimum Gasteiger partial charge on any atom is -0.401 e. The predicted octanol–water partition coefficient (Wildman–Crippen LogP) is 2.55. The summed E-state index contributed by atoms with van der Waals surface area (Å²) in [5, 5.41) is 8.29. The lowest BCUT2D eigenvalue weighted by atomic mass is 9.89. The van der Waals surface area contributed by atoms with E-state index in [0.717, 1.165) is 6.07 Å². The molecule has 0 aliphatic heterocycles. The second-order valence-corrected chi connectivity index (χ2v) is 3.12. The third kappa shape index (κ3) is 1.52. The van der Waals surface area contributed by atoms with Gasteiger partial charge in [0.1, 0.15) is 11.6 Å². The van der Waals surface area contributed by atoms with Crippen LogP contribution in [-0.4, -0.2) is 11.8 Å². The molecule has 0 fully saturated rings. The molecule has 0 amide bonds. The highest BCUT2D eigenvalue weighted by molar-refractivity contribution is 5.49. The van der Waals surface area contributed by atoms with Crippen LogP contribution in [0.15, 0.2) is 22.9 Å². The average molecular weight is 242 g/mol. The first-order valence-corrected chi connectivity index (χ1v) is 3.85. The molecule has 0 spiro atoms. The Morgan fingerprint density at radius 2 is 1.81 bits per heavy atom. The molecule has 0 radical (unpaired) electrons. The summed E-state index contributed by atoms with van der Waals surface area (Å²) in [6.45, 7) is 0. The molecule has 0 saturated heterocycles. The zero-order valence-corrected chi connectivity index (χ0v) is 7.50. The van der Waals surface area contributed by atoms with Crippen molar-refractivity contribution in [3.8, 4) is 6.07 Å². The molecule has 0 aromatic heterocycles. The minimum atomic E-state index is -5.64. The number of alkyl halides is 4. The lowest BCUT2D eigenvalue weighted by Crippen LogP contribution is -2.45. The van der Waals surface area contributed by atoms with Gasteiger partial charge in [0.15, 0.2) is 11.7 Å². The van der Waals surface area contributed by atoms with Crippen molar-refractivity contribution in [2.75, 3.05) is 0 Å². The molecule has 2 N–H and O–H groups in total. The van der Waals surface area contributed by atoms with Crippen LogP contribution in [0, 0.1) is 11.3 Å². The monoisotopic (exact) mass is 242 g/mol. The molecule has 0 aromatic carbocycles. The SMILES string of the molecule is N#CC1=C(N)CC(F)(C(F)(F)F)C(F)=C1F. The van der Waals surface area contributed by atoms with E-state index in [1.54, 1.807) is 0 Å². The van der Waals surface area contributed by atoms with Crippen LogP contribution in [0.1, 0.15) is 6.42 Å². The number of hydrogen-bond acceptors (Lipinski definition) is 2. The number of rotatable bonds is 0. The van der Waals surface area contributed by atoms with Crippen molar-refractivity contribution in [3.63, 3.8) is 0 Å². The molecule has 0 aromatic rings. The molecule has 0 saturated carbocycles. The lowest BCUT2D eigenvalue weighted by molar-refractivity contribution is -0.222. The summed E-state index contributed by atoms with van der Waals surface area (Å²) < 4.78 is 75.6. The topological polar surface area (TPSA) is 49.8 Å². The molecular weight excluding hydrogens is 238 g/mol. The van der Waals surface area contributed by atoms with Crippen molar-refractivity contribution in [2.24, 2.45) is 5.73 Å². The second-order valence-electron chi connectivity index (χ2n) is 3.12. The van der Waals surface area contributed by atoms with Gasteiger partial charge in [-0.25, -0.2) is 13.2 Å². The van der Waals surface area contributed by atoms with Gasteiger partial charge in [-0.3, -0.25) is 0 Å². The van der Waals surface area contributed by atoms with E-state index in [2.05, 4.69) is 0 Å². The first-order valence-electron chi connectivity index (χ1n) is 3.85. The van der Waals surface area contributed by atoms with Crippen molar-refractivity contribution < 1.29 is 26.3 Å². The predicted molar refractivity (Wildman–Crippen MR) is 40.6 cm³/mol. The molecule has 8 heteroatoms. The molecule has 1 atom stereocenters. The van der Waals surface area contributed by atoms with Crippen LogP contribution in [-0.2, 0) is 0 Å². The highest BCUT2D eigenvalue weighted by Crippen LogP contribution is 2.49. The molecular formula is C8H4F6N2. The van der Waals surface area contributed by atoms with E-state index in [9.17, 15) is 26.3 Å². The average Bonchev–Trinajstić information content (AvgIpc) is 2.13. The summed E-state index contributed by atoms with van der Waals surface area (Å²) in [5.41, 5.74) is -1.68. The molecule has 1 aliphatic carbocycles. The smallest absolute Gasteiger partial charge is 0.401 e. The fraction of sp³-hybridized carbons (Fsp3) is 0.375. The molecule has 1 aliphatic rings. The van der Waals surface area contributed by atoms with Gasteiger partial charge in [0.25, 0.3) is 5.67 Å². The number of hydrogen-bond donors (Lipinski definition) is 1. The van der Waals surface area contributed by atoms with Crippen molar-refractivity contribution in [1.29, 1.82) is 5.26 Å². The molecule has 2 nitrogen and oxygen atoms in total. The van der Waals surface area contributed by atoms with E-state index < -0.39 is 41.2 Å². The standard InChI is InChI=1S/C8H4F6N2/c9-5-3(2-15)4(16)1-7(11,6(5)10)8(12,13)14/h1,16H2. The zero-order chi connectivity index (χ0) is 12.7. The maximum Gasteiger partial charge on any atom is 0.429 e. The normalized spacial score (nSPS) is 27.1. The van der Waals surface area contributed by atoms with E-state index in [0.29, 0.717) is 0 Å². The Morgan fingerprint density at radius 1 is 1.31 bits per heavy atom. The molecule has 1 unspecified atom stereocenters. The maximum absolute atomic E-state index is 13.3. The number of nitriles is 1. The van der Waals surface area contributed by atoms with E-state index in [1.165, 1.54) is 0 Å². The highest BCUT2D eigenvalue weighted by atomic mass is 19.4. The van der Waals surface area contributed by atoms with Gasteiger partial charge in [-0.05, 0) is 0 Å². The Kier molecular flexibility index (Phi) is 2.67. The van der Waals surface area contributed by atoms with Crippen molar-refractivity contribution in [1.82, 2.24) is 0 Å². The molecule has 0 heterocycles. The number of halogens is 6. The Bertz CT molecular complexity index is 427. The fourth-order valence-corrected chi connectivity index (χ4v) is 1.20. The van der Waals surface area contributed by atoms with E-state index in [4.69, 9.17) is 11.0 Å². The van der Waals surface area contributed by atoms with Gasteiger partial charge in [-0.1, -0.05) is 0 Å². The van der Waals surface area contributed by atoms with Gasteiger partial charge in [0.2, 0.25) is 0 Å².